The molecule has 3 rings (SSSR count). The summed E-state index contributed by atoms with van der Waals surface area (Å²) < 4.78 is 10.9. The second-order valence-electron chi connectivity index (χ2n) is 5.50. The summed E-state index contributed by atoms with van der Waals surface area (Å²) in [5.74, 6) is 1.78. The fourth-order valence-corrected chi connectivity index (χ4v) is 3.25. The van der Waals surface area contributed by atoms with Crippen molar-refractivity contribution in [2.45, 2.75) is 24.8 Å². The van der Waals surface area contributed by atoms with Gasteiger partial charge in [-0.3, -0.25) is 0 Å². The molecule has 2 aromatic carbocycles. The lowest BCUT2D eigenvalue weighted by Gasteiger charge is -2.32. The molecule has 0 spiro atoms. The fourth-order valence-electron chi connectivity index (χ4n) is 3.25. The third-order valence-electron chi connectivity index (χ3n) is 4.31. The zero-order valence-electron chi connectivity index (χ0n) is 12.5. The van der Waals surface area contributed by atoms with Crippen LogP contribution in [0, 0.1) is 0 Å². The standard InChI is InChI=1S/C18H21NO2/c1-20-16-10-13-8-9-15(19)18(12-6-4-3-5-7-12)14(13)11-17(16)21-2/h3-7,10-11,15,18H,8-9,19H2,1-2H3/t15-,18-/m0/s1. The molecule has 2 atom stereocenters. The van der Waals surface area contributed by atoms with E-state index in [9.17, 15) is 0 Å². The Morgan fingerprint density at radius 1 is 1.00 bits per heavy atom. The smallest absolute Gasteiger partial charge is 0.161 e. The maximum absolute atomic E-state index is 6.42. The van der Waals surface area contributed by atoms with E-state index in [0.29, 0.717) is 0 Å². The van der Waals surface area contributed by atoms with E-state index in [0.717, 1.165) is 24.3 Å². The number of fused-ring (bicyclic) bond motifs is 1. The molecule has 0 unspecified atom stereocenters. The molecule has 0 fully saturated rings. The van der Waals surface area contributed by atoms with Crippen molar-refractivity contribution in [3.8, 4) is 11.5 Å². The Labute approximate surface area is 125 Å². The molecule has 0 radical (unpaired) electrons. The van der Waals surface area contributed by atoms with Gasteiger partial charge in [-0.25, -0.2) is 0 Å². The number of aryl methyl sites for hydroxylation is 1. The Balaban J connectivity index is 2.13. The minimum atomic E-state index is 0.137. The van der Waals surface area contributed by atoms with Crippen molar-refractivity contribution < 1.29 is 9.47 Å². The lowest BCUT2D eigenvalue weighted by Crippen LogP contribution is -2.33. The zero-order valence-corrected chi connectivity index (χ0v) is 12.5. The third kappa shape index (κ3) is 2.49. The molecule has 0 aliphatic heterocycles. The first-order valence-electron chi connectivity index (χ1n) is 7.30. The average molecular weight is 283 g/mol. The van der Waals surface area contributed by atoms with Crippen LogP contribution in [-0.2, 0) is 6.42 Å². The highest BCUT2D eigenvalue weighted by molar-refractivity contribution is 5.52. The summed E-state index contributed by atoms with van der Waals surface area (Å²) in [4.78, 5) is 0. The number of methoxy groups -OCH3 is 2. The molecule has 3 heteroatoms. The minimum Gasteiger partial charge on any atom is -0.493 e. The van der Waals surface area contributed by atoms with Crippen molar-refractivity contribution >= 4 is 0 Å². The van der Waals surface area contributed by atoms with E-state index in [4.69, 9.17) is 15.2 Å². The number of ether oxygens (including phenoxy) is 2. The van der Waals surface area contributed by atoms with E-state index in [1.165, 1.54) is 16.7 Å². The molecule has 0 amide bonds. The summed E-state index contributed by atoms with van der Waals surface area (Å²) in [5, 5.41) is 0. The molecule has 1 aliphatic carbocycles. The number of hydrogen-bond acceptors (Lipinski definition) is 3. The van der Waals surface area contributed by atoms with Gasteiger partial charge in [-0.05, 0) is 41.7 Å². The SMILES string of the molecule is COc1cc2c(cc1OC)[C@H](c1ccccc1)[C@@H](N)CC2. The number of rotatable bonds is 3. The maximum Gasteiger partial charge on any atom is 0.161 e. The van der Waals surface area contributed by atoms with Crippen LogP contribution in [0.4, 0.5) is 0 Å². The Morgan fingerprint density at radius 2 is 1.67 bits per heavy atom. The summed E-state index contributed by atoms with van der Waals surface area (Å²) >= 11 is 0. The monoisotopic (exact) mass is 283 g/mol. The molecule has 110 valence electrons. The molecule has 3 nitrogen and oxygen atoms in total. The largest absolute Gasteiger partial charge is 0.493 e. The second kappa shape index (κ2) is 5.78. The Hall–Kier alpha value is -2.00. The van der Waals surface area contributed by atoms with Gasteiger partial charge in [-0.15, -0.1) is 0 Å². The number of hydrogen-bond donors (Lipinski definition) is 1. The van der Waals surface area contributed by atoms with E-state index < -0.39 is 0 Å². The molecular formula is C18H21NO2. The summed E-state index contributed by atoms with van der Waals surface area (Å²) in [5.41, 5.74) is 10.2. The van der Waals surface area contributed by atoms with Crippen LogP contribution in [0.5, 0.6) is 11.5 Å². The van der Waals surface area contributed by atoms with E-state index >= 15 is 0 Å². The quantitative estimate of drug-likeness (QED) is 0.941. The first kappa shape index (κ1) is 14.0. The normalized spacial score (nSPS) is 20.7. The van der Waals surface area contributed by atoms with Crippen LogP contribution in [0.25, 0.3) is 0 Å². The van der Waals surface area contributed by atoms with Gasteiger partial charge < -0.3 is 15.2 Å². The van der Waals surface area contributed by atoms with Crippen LogP contribution in [0.15, 0.2) is 42.5 Å². The van der Waals surface area contributed by atoms with E-state index in [-0.39, 0.29) is 12.0 Å². The van der Waals surface area contributed by atoms with Gasteiger partial charge in [0.25, 0.3) is 0 Å². The maximum atomic E-state index is 6.42. The highest BCUT2D eigenvalue weighted by Crippen LogP contribution is 2.41. The van der Waals surface area contributed by atoms with Crippen molar-refractivity contribution in [1.29, 1.82) is 0 Å². The summed E-state index contributed by atoms with van der Waals surface area (Å²) in [6, 6.07) is 14.8. The Kier molecular flexibility index (Phi) is 3.84. The van der Waals surface area contributed by atoms with Gasteiger partial charge in [0.1, 0.15) is 0 Å². The molecule has 21 heavy (non-hydrogen) atoms. The number of benzene rings is 2. The summed E-state index contributed by atoms with van der Waals surface area (Å²) in [6.45, 7) is 0. The predicted octanol–water partition coefficient (Wildman–Crippen LogP) is 3.11. The molecule has 0 aromatic heterocycles. The lowest BCUT2D eigenvalue weighted by molar-refractivity contribution is 0.352. The second-order valence-corrected chi connectivity index (χ2v) is 5.50. The first-order chi connectivity index (χ1) is 10.2. The van der Waals surface area contributed by atoms with Gasteiger partial charge in [0.2, 0.25) is 0 Å². The van der Waals surface area contributed by atoms with Crippen molar-refractivity contribution in [3.63, 3.8) is 0 Å². The molecule has 0 saturated heterocycles. The minimum absolute atomic E-state index is 0.137. The van der Waals surface area contributed by atoms with Crippen molar-refractivity contribution in [1.82, 2.24) is 0 Å². The van der Waals surface area contributed by atoms with Crippen molar-refractivity contribution in [2.75, 3.05) is 14.2 Å². The molecule has 2 N–H and O–H groups in total. The van der Waals surface area contributed by atoms with Crippen LogP contribution < -0.4 is 15.2 Å². The third-order valence-corrected chi connectivity index (χ3v) is 4.31. The van der Waals surface area contributed by atoms with Gasteiger partial charge >= 0.3 is 0 Å². The highest BCUT2D eigenvalue weighted by atomic mass is 16.5. The zero-order chi connectivity index (χ0) is 14.8. The van der Waals surface area contributed by atoms with E-state index in [2.05, 4.69) is 36.4 Å². The van der Waals surface area contributed by atoms with E-state index in [1.54, 1.807) is 14.2 Å². The molecular weight excluding hydrogens is 262 g/mol. The molecule has 0 saturated carbocycles. The molecule has 0 heterocycles. The molecule has 0 bridgehead atoms. The Bertz CT molecular complexity index is 625. The van der Waals surface area contributed by atoms with Gasteiger partial charge in [-0.1, -0.05) is 30.3 Å². The average Bonchev–Trinajstić information content (AvgIpc) is 2.54. The molecule has 2 aromatic rings. The van der Waals surface area contributed by atoms with Crippen LogP contribution in [0.1, 0.15) is 29.0 Å². The summed E-state index contributed by atoms with van der Waals surface area (Å²) in [7, 11) is 3.35. The fraction of sp³-hybridized carbons (Fsp3) is 0.333. The van der Waals surface area contributed by atoms with Gasteiger partial charge in [-0.2, -0.15) is 0 Å². The van der Waals surface area contributed by atoms with Crippen molar-refractivity contribution in [3.05, 3.63) is 59.2 Å². The topological polar surface area (TPSA) is 44.5 Å². The van der Waals surface area contributed by atoms with Crippen LogP contribution in [0.2, 0.25) is 0 Å². The van der Waals surface area contributed by atoms with Gasteiger partial charge in [0, 0.05) is 12.0 Å². The van der Waals surface area contributed by atoms with Crippen LogP contribution >= 0.6 is 0 Å². The summed E-state index contributed by atoms with van der Waals surface area (Å²) in [6.07, 6.45) is 1.97. The van der Waals surface area contributed by atoms with Gasteiger partial charge in [0.15, 0.2) is 11.5 Å². The first-order valence-corrected chi connectivity index (χ1v) is 7.30. The number of nitrogens with two attached hydrogens (primary N) is 1. The predicted molar refractivity (Wildman–Crippen MR) is 84.1 cm³/mol. The molecule has 1 aliphatic rings. The van der Waals surface area contributed by atoms with Crippen molar-refractivity contribution in [2.24, 2.45) is 5.73 Å². The van der Waals surface area contributed by atoms with Gasteiger partial charge in [0.05, 0.1) is 14.2 Å². The Morgan fingerprint density at radius 3 is 2.33 bits per heavy atom. The van der Waals surface area contributed by atoms with E-state index in [1.807, 2.05) is 6.07 Å². The van der Waals surface area contributed by atoms with Crippen LogP contribution in [-0.4, -0.2) is 20.3 Å². The highest BCUT2D eigenvalue weighted by Gasteiger charge is 2.29. The lowest BCUT2D eigenvalue weighted by atomic mass is 9.76. The van der Waals surface area contributed by atoms with Crippen LogP contribution in [0.3, 0.4) is 0 Å².